The molecule has 444 valence electrons. The van der Waals surface area contributed by atoms with Crippen LogP contribution in [0.15, 0.2) is 85.1 Å². The van der Waals surface area contributed by atoms with Gasteiger partial charge in [0.15, 0.2) is 12.6 Å². The maximum Gasteiger partial charge on any atom is 0.220 e. The van der Waals surface area contributed by atoms with E-state index >= 15 is 0 Å². The van der Waals surface area contributed by atoms with E-state index in [-0.39, 0.29) is 18.9 Å². The normalized spacial score (nSPS) is 25.3. The SMILES string of the molecule is CC/C=C\C/C=C\C/C=C\C/C=C\CCCCCCCCCCCCCCCCCCCCC(=O)NC(COC1OC(CO)C(OC2OC(CO)C(O)C(O)C2O)C(O)C1O)C(O)/C=C/CC/C=C/CC/C=C/CCCC. The molecule has 0 aromatic carbocycles. The largest absolute Gasteiger partial charge is 0.394 e. The summed E-state index contributed by atoms with van der Waals surface area (Å²) in [7, 11) is 0. The molecule has 14 heteroatoms. The van der Waals surface area contributed by atoms with Crippen LogP contribution in [0.2, 0.25) is 0 Å². The Kier molecular flexibility index (Phi) is 43.7. The van der Waals surface area contributed by atoms with Crippen molar-refractivity contribution in [2.75, 3.05) is 19.8 Å². The van der Waals surface area contributed by atoms with Crippen LogP contribution in [0.5, 0.6) is 0 Å². The standard InChI is InChI=1S/C63H109NO13/c1-3-5-7-9-11-13-15-17-18-19-20-21-22-23-24-25-26-27-28-29-30-31-32-33-34-35-37-39-41-43-45-47-55(68)64-51(52(67)46-44-42-40-38-36-16-14-12-10-8-6-4-2)50-74-62-60(73)58(71)61(54(49-66)76-62)77-63-59(72)57(70)56(69)53(48-65)75-63/h5,7,10-13,17-18,20-21,36,38,44,46,51-54,56-63,65-67,69-73H,3-4,6,8-9,14-16,19,22-35,37,39-43,45,47-50H2,1-2H3,(H,64,68)/b7-5-,12-10+,13-11-,18-17-,21-20-,38-36+,46-44+. The molecule has 0 bridgehead atoms. The van der Waals surface area contributed by atoms with Crippen molar-refractivity contribution in [1.29, 1.82) is 0 Å². The first-order chi connectivity index (χ1) is 37.6. The first-order valence-corrected chi connectivity index (χ1v) is 30.3. The monoisotopic (exact) mass is 1090 g/mol. The van der Waals surface area contributed by atoms with Crippen LogP contribution in [0.1, 0.15) is 213 Å². The Morgan fingerprint density at radius 3 is 1.43 bits per heavy atom. The van der Waals surface area contributed by atoms with E-state index in [1.807, 2.05) is 6.08 Å². The Balaban J connectivity index is 1.66. The summed E-state index contributed by atoms with van der Waals surface area (Å²) in [5.41, 5.74) is 0. The number of ether oxygens (including phenoxy) is 4. The minimum absolute atomic E-state index is 0.256. The summed E-state index contributed by atoms with van der Waals surface area (Å²) in [6.07, 6.45) is 47.9. The van der Waals surface area contributed by atoms with Gasteiger partial charge < -0.3 is 65.1 Å². The number of carbonyl (C=O) groups excluding carboxylic acids is 1. The highest BCUT2D eigenvalue weighted by Gasteiger charge is 2.51. The zero-order valence-electron chi connectivity index (χ0n) is 47.7. The molecule has 0 aromatic rings. The Morgan fingerprint density at radius 1 is 0.481 bits per heavy atom. The lowest BCUT2D eigenvalue weighted by molar-refractivity contribution is -0.359. The number of nitrogens with one attached hydrogen (secondary N) is 1. The molecule has 2 aliphatic heterocycles. The van der Waals surface area contributed by atoms with Crippen LogP contribution >= 0.6 is 0 Å². The highest BCUT2D eigenvalue weighted by Crippen LogP contribution is 2.30. The topological polar surface area (TPSA) is 228 Å². The average Bonchev–Trinajstić information content (AvgIpc) is 3.43. The van der Waals surface area contributed by atoms with E-state index in [0.29, 0.717) is 12.8 Å². The molecule has 12 unspecified atom stereocenters. The van der Waals surface area contributed by atoms with Crippen LogP contribution in [0.4, 0.5) is 0 Å². The minimum atomic E-state index is -1.79. The zero-order chi connectivity index (χ0) is 56.0. The van der Waals surface area contributed by atoms with Crippen molar-refractivity contribution < 1.29 is 64.6 Å². The van der Waals surface area contributed by atoms with E-state index in [0.717, 1.165) is 70.6 Å². The van der Waals surface area contributed by atoms with Crippen molar-refractivity contribution >= 4 is 5.91 Å². The van der Waals surface area contributed by atoms with Crippen molar-refractivity contribution in [3.8, 4) is 0 Å². The van der Waals surface area contributed by atoms with Crippen molar-refractivity contribution in [3.63, 3.8) is 0 Å². The third-order valence-electron chi connectivity index (χ3n) is 14.3. The molecular weight excluding hydrogens is 979 g/mol. The smallest absolute Gasteiger partial charge is 0.220 e. The summed E-state index contributed by atoms with van der Waals surface area (Å²) in [4.78, 5) is 13.2. The van der Waals surface area contributed by atoms with Gasteiger partial charge in [0, 0.05) is 6.42 Å². The van der Waals surface area contributed by atoms with Gasteiger partial charge in [-0.15, -0.1) is 0 Å². The molecule has 2 aliphatic rings. The second kappa shape index (κ2) is 47.9. The fourth-order valence-electron chi connectivity index (χ4n) is 9.42. The lowest BCUT2D eigenvalue weighted by Gasteiger charge is -2.46. The van der Waals surface area contributed by atoms with Gasteiger partial charge in [0.05, 0.1) is 32.0 Å². The molecular formula is C63H109NO13. The Hall–Kier alpha value is -2.83. The lowest BCUT2D eigenvalue weighted by atomic mass is 9.97. The highest BCUT2D eigenvalue weighted by atomic mass is 16.7. The Morgan fingerprint density at radius 2 is 0.909 bits per heavy atom. The van der Waals surface area contributed by atoms with E-state index < -0.39 is 86.8 Å². The molecule has 14 nitrogen and oxygen atoms in total. The summed E-state index contributed by atoms with van der Waals surface area (Å²) in [5.74, 6) is -0.256. The minimum Gasteiger partial charge on any atom is -0.394 e. The highest BCUT2D eigenvalue weighted by molar-refractivity contribution is 5.76. The molecule has 1 amide bonds. The number of allylic oxidation sites excluding steroid dienone is 13. The zero-order valence-corrected chi connectivity index (χ0v) is 47.7. The molecule has 0 saturated carbocycles. The van der Waals surface area contributed by atoms with E-state index in [1.54, 1.807) is 6.08 Å². The van der Waals surface area contributed by atoms with Crippen molar-refractivity contribution in [1.82, 2.24) is 5.32 Å². The molecule has 0 radical (unpaired) electrons. The molecule has 9 N–H and O–H groups in total. The van der Waals surface area contributed by atoms with E-state index in [2.05, 4.69) is 92.1 Å². The van der Waals surface area contributed by atoms with Gasteiger partial charge in [0.25, 0.3) is 0 Å². The summed E-state index contributed by atoms with van der Waals surface area (Å²) >= 11 is 0. The summed E-state index contributed by atoms with van der Waals surface area (Å²) in [6, 6.07) is -0.939. The van der Waals surface area contributed by atoms with Gasteiger partial charge in [-0.05, 0) is 77.0 Å². The number of hydrogen-bond acceptors (Lipinski definition) is 13. The van der Waals surface area contributed by atoms with Gasteiger partial charge in [-0.2, -0.15) is 0 Å². The van der Waals surface area contributed by atoms with Crippen LogP contribution < -0.4 is 5.32 Å². The molecule has 2 rings (SSSR count). The van der Waals surface area contributed by atoms with Crippen molar-refractivity contribution in [2.45, 2.75) is 286 Å². The fourth-order valence-corrected chi connectivity index (χ4v) is 9.42. The maximum atomic E-state index is 13.2. The molecule has 2 fully saturated rings. The number of aliphatic hydroxyl groups is 8. The van der Waals surface area contributed by atoms with Gasteiger partial charge in [-0.1, -0.05) is 214 Å². The third-order valence-corrected chi connectivity index (χ3v) is 14.3. The summed E-state index contributed by atoms with van der Waals surface area (Å²) in [6.45, 7) is 2.60. The van der Waals surface area contributed by atoms with Crippen LogP contribution in [0, 0.1) is 0 Å². The predicted molar refractivity (Wildman–Crippen MR) is 309 cm³/mol. The molecule has 2 saturated heterocycles. The predicted octanol–water partition coefficient (Wildman–Crippen LogP) is 10.5. The fraction of sp³-hybridized carbons (Fsp3) is 0.762. The average molecular weight is 1090 g/mol. The van der Waals surface area contributed by atoms with Gasteiger partial charge in [-0.3, -0.25) is 4.79 Å². The van der Waals surface area contributed by atoms with E-state index in [4.69, 9.17) is 18.9 Å². The quantitative estimate of drug-likeness (QED) is 0.0204. The number of unbranched alkanes of at least 4 members (excludes halogenated alkanes) is 22. The number of amides is 1. The maximum absolute atomic E-state index is 13.2. The van der Waals surface area contributed by atoms with Crippen LogP contribution in [-0.4, -0.2) is 140 Å². The van der Waals surface area contributed by atoms with E-state index in [1.165, 1.54) is 109 Å². The van der Waals surface area contributed by atoms with Crippen molar-refractivity contribution in [2.24, 2.45) is 0 Å². The number of rotatable bonds is 47. The van der Waals surface area contributed by atoms with Gasteiger partial charge in [-0.25, -0.2) is 0 Å². The van der Waals surface area contributed by atoms with Gasteiger partial charge in [0.1, 0.15) is 48.8 Å². The summed E-state index contributed by atoms with van der Waals surface area (Å²) < 4.78 is 22.7. The Bertz CT molecular complexity index is 1610. The second-order valence-corrected chi connectivity index (χ2v) is 21.1. The lowest BCUT2D eigenvalue weighted by Crippen LogP contribution is -2.65. The first kappa shape index (κ1) is 70.3. The molecule has 2 heterocycles. The first-order valence-electron chi connectivity index (χ1n) is 30.3. The Labute approximate surface area is 465 Å². The summed E-state index contributed by atoms with van der Waals surface area (Å²) in [5, 5.41) is 86.9. The van der Waals surface area contributed by atoms with Crippen LogP contribution in [0.25, 0.3) is 0 Å². The number of aliphatic hydroxyl groups excluding tert-OH is 8. The number of hydrogen-bond donors (Lipinski definition) is 9. The number of carbonyl (C=O) groups is 1. The van der Waals surface area contributed by atoms with Crippen LogP contribution in [-0.2, 0) is 23.7 Å². The van der Waals surface area contributed by atoms with Crippen LogP contribution in [0.3, 0.4) is 0 Å². The molecule has 0 aliphatic carbocycles. The molecule has 0 aromatic heterocycles. The molecule has 77 heavy (non-hydrogen) atoms. The van der Waals surface area contributed by atoms with Gasteiger partial charge >= 0.3 is 0 Å². The third kappa shape index (κ3) is 33.5. The van der Waals surface area contributed by atoms with Gasteiger partial charge in [0.2, 0.25) is 5.91 Å². The van der Waals surface area contributed by atoms with E-state index in [9.17, 15) is 45.6 Å². The molecule has 0 spiro atoms. The van der Waals surface area contributed by atoms with Crippen molar-refractivity contribution in [3.05, 3.63) is 85.1 Å². The second-order valence-electron chi connectivity index (χ2n) is 21.1. The molecule has 12 atom stereocenters.